The molecule has 33 heavy (non-hydrogen) atoms. The number of carboxylic acid groups (broad SMARTS) is 1. The van der Waals surface area contributed by atoms with Gasteiger partial charge < -0.3 is 14.6 Å². The van der Waals surface area contributed by atoms with Gasteiger partial charge in [-0.15, -0.1) is 0 Å². The molecule has 2 heterocycles. The largest absolute Gasteiger partial charge is 0.493 e. The Morgan fingerprint density at radius 1 is 1.15 bits per heavy atom. The summed E-state index contributed by atoms with van der Waals surface area (Å²) in [6.45, 7) is 2.58. The number of aromatic nitrogens is 2. The van der Waals surface area contributed by atoms with Gasteiger partial charge in [0.05, 0.1) is 36.9 Å². The molecule has 0 aliphatic carbocycles. The van der Waals surface area contributed by atoms with Gasteiger partial charge in [0.1, 0.15) is 5.75 Å². The van der Waals surface area contributed by atoms with Crippen molar-refractivity contribution in [2.45, 2.75) is 32.1 Å². The second-order valence-corrected chi connectivity index (χ2v) is 8.46. The smallest absolute Gasteiger partial charge is 0.304 e. The van der Waals surface area contributed by atoms with E-state index in [1.54, 1.807) is 7.11 Å². The van der Waals surface area contributed by atoms with Crippen LogP contribution in [0.25, 0.3) is 16.7 Å². The lowest BCUT2D eigenvalue weighted by Crippen LogP contribution is -2.07. The number of methoxy groups -OCH3 is 1. The molecule has 0 spiro atoms. The van der Waals surface area contributed by atoms with E-state index < -0.39 is 5.97 Å². The van der Waals surface area contributed by atoms with Crippen molar-refractivity contribution in [1.29, 1.82) is 0 Å². The molecular formula is C27H26N2O4. The van der Waals surface area contributed by atoms with E-state index in [4.69, 9.17) is 14.6 Å². The average molecular weight is 443 g/mol. The van der Waals surface area contributed by atoms with Crippen LogP contribution in [0, 0.1) is 6.92 Å². The molecule has 0 unspecified atom stereocenters. The number of hydrogen-bond donors (Lipinski definition) is 1. The monoisotopic (exact) mass is 442 g/mol. The number of imidazole rings is 1. The Morgan fingerprint density at radius 3 is 2.82 bits per heavy atom. The molecule has 0 fully saturated rings. The van der Waals surface area contributed by atoms with Crippen molar-refractivity contribution in [3.63, 3.8) is 0 Å². The molecule has 4 aromatic rings. The molecule has 0 saturated heterocycles. The fourth-order valence-electron chi connectivity index (χ4n) is 4.69. The van der Waals surface area contributed by atoms with Crippen molar-refractivity contribution in [3.05, 3.63) is 82.9 Å². The van der Waals surface area contributed by atoms with Gasteiger partial charge in [0.25, 0.3) is 0 Å². The molecular weight excluding hydrogens is 416 g/mol. The van der Waals surface area contributed by atoms with Crippen LogP contribution in [0.4, 0.5) is 0 Å². The van der Waals surface area contributed by atoms with E-state index in [9.17, 15) is 4.79 Å². The van der Waals surface area contributed by atoms with Crippen molar-refractivity contribution in [1.82, 2.24) is 9.55 Å². The molecule has 1 aliphatic heterocycles. The number of para-hydroxylation sites is 2. The lowest BCUT2D eigenvalue weighted by Gasteiger charge is -2.15. The number of hydrogen-bond acceptors (Lipinski definition) is 4. The molecule has 6 heteroatoms. The van der Waals surface area contributed by atoms with Crippen molar-refractivity contribution in [2.24, 2.45) is 0 Å². The standard InChI is InChI=1S/C27H26N2O4/c1-17-19(12-10-18-11-13-21-20(15-26(30)31)16-33-25(21)14-18)6-5-9-23(17)29-24-8-4-3-7-22(24)28-27(29)32-2/h3-9,11,13-14,20H,10,12,15-16H2,1-2H3,(H,30,31)/t20-/m1/s1. The van der Waals surface area contributed by atoms with E-state index in [-0.39, 0.29) is 12.3 Å². The second-order valence-electron chi connectivity index (χ2n) is 8.46. The summed E-state index contributed by atoms with van der Waals surface area (Å²) >= 11 is 0. The van der Waals surface area contributed by atoms with Crippen LogP contribution >= 0.6 is 0 Å². The fraction of sp³-hybridized carbons (Fsp3) is 0.259. The lowest BCUT2D eigenvalue weighted by molar-refractivity contribution is -0.137. The molecule has 0 radical (unpaired) electrons. The van der Waals surface area contributed by atoms with Gasteiger partial charge in [0.2, 0.25) is 0 Å². The minimum atomic E-state index is -0.793. The molecule has 1 N–H and O–H groups in total. The summed E-state index contributed by atoms with van der Waals surface area (Å²) < 4.78 is 13.4. The van der Waals surface area contributed by atoms with Crippen LogP contribution < -0.4 is 9.47 Å². The van der Waals surface area contributed by atoms with Gasteiger partial charge in [-0.2, -0.15) is 4.98 Å². The van der Waals surface area contributed by atoms with Gasteiger partial charge in [0, 0.05) is 11.5 Å². The van der Waals surface area contributed by atoms with Crippen LogP contribution in [-0.2, 0) is 17.6 Å². The van der Waals surface area contributed by atoms with Crippen LogP contribution in [0.2, 0.25) is 0 Å². The summed E-state index contributed by atoms with van der Waals surface area (Å²) in [7, 11) is 1.65. The van der Waals surface area contributed by atoms with Gasteiger partial charge >= 0.3 is 12.0 Å². The zero-order valence-corrected chi connectivity index (χ0v) is 18.7. The summed E-state index contributed by atoms with van der Waals surface area (Å²) in [6.07, 6.45) is 1.85. The molecule has 1 atom stereocenters. The van der Waals surface area contributed by atoms with E-state index in [0.29, 0.717) is 12.6 Å². The van der Waals surface area contributed by atoms with Crippen LogP contribution in [0.1, 0.15) is 34.6 Å². The first kappa shape index (κ1) is 21.1. The number of carboxylic acids is 1. The van der Waals surface area contributed by atoms with Crippen molar-refractivity contribution in [2.75, 3.05) is 13.7 Å². The number of nitrogens with zero attached hydrogens (tertiary/aromatic N) is 2. The Kier molecular flexibility index (Phi) is 5.50. The minimum absolute atomic E-state index is 0.0644. The van der Waals surface area contributed by atoms with Gasteiger partial charge in [0.15, 0.2) is 0 Å². The Labute approximate surface area is 192 Å². The van der Waals surface area contributed by atoms with E-state index in [1.807, 2.05) is 24.3 Å². The van der Waals surface area contributed by atoms with Gasteiger partial charge in [-0.1, -0.05) is 36.4 Å². The predicted molar refractivity (Wildman–Crippen MR) is 127 cm³/mol. The van der Waals surface area contributed by atoms with E-state index >= 15 is 0 Å². The number of rotatable bonds is 7. The van der Waals surface area contributed by atoms with E-state index in [0.717, 1.165) is 40.9 Å². The molecule has 6 nitrogen and oxygen atoms in total. The summed E-state index contributed by atoms with van der Waals surface area (Å²) in [5, 5.41) is 9.10. The first-order valence-electron chi connectivity index (χ1n) is 11.1. The average Bonchev–Trinajstić information content (AvgIpc) is 3.39. The highest BCUT2D eigenvalue weighted by molar-refractivity contribution is 5.79. The van der Waals surface area contributed by atoms with Crippen LogP contribution in [0.3, 0.4) is 0 Å². The quantitative estimate of drug-likeness (QED) is 0.432. The molecule has 168 valence electrons. The third-order valence-corrected chi connectivity index (χ3v) is 6.43. The van der Waals surface area contributed by atoms with Gasteiger partial charge in [-0.05, 0) is 60.7 Å². The molecule has 0 saturated carbocycles. The number of fused-ring (bicyclic) bond motifs is 2. The maximum atomic E-state index is 11.1. The fourth-order valence-corrected chi connectivity index (χ4v) is 4.69. The number of ether oxygens (including phenoxy) is 2. The highest BCUT2D eigenvalue weighted by atomic mass is 16.5. The molecule has 1 aliphatic rings. The zero-order chi connectivity index (χ0) is 22.9. The van der Waals surface area contributed by atoms with Gasteiger partial charge in [-0.25, -0.2) is 0 Å². The summed E-state index contributed by atoms with van der Waals surface area (Å²) in [4.78, 5) is 15.7. The first-order valence-corrected chi connectivity index (χ1v) is 11.1. The summed E-state index contributed by atoms with van der Waals surface area (Å²) in [6, 6.07) is 21.1. The predicted octanol–water partition coefficient (Wildman–Crippen LogP) is 5.08. The highest BCUT2D eigenvalue weighted by Crippen LogP contribution is 2.37. The Balaban J connectivity index is 1.40. The first-order chi connectivity index (χ1) is 16.0. The molecule has 1 aromatic heterocycles. The topological polar surface area (TPSA) is 73.6 Å². The summed E-state index contributed by atoms with van der Waals surface area (Å²) in [5.41, 5.74) is 7.61. The Morgan fingerprint density at radius 2 is 2.00 bits per heavy atom. The van der Waals surface area contributed by atoms with Crippen molar-refractivity contribution in [3.8, 4) is 17.4 Å². The van der Waals surface area contributed by atoms with Crippen molar-refractivity contribution >= 4 is 17.0 Å². The van der Waals surface area contributed by atoms with E-state index in [1.165, 1.54) is 16.7 Å². The molecule has 0 amide bonds. The maximum absolute atomic E-state index is 11.1. The SMILES string of the molecule is COc1nc2ccccc2n1-c1cccc(CCc2ccc3c(c2)OC[C@H]3CC(=O)O)c1C. The normalized spacial score (nSPS) is 14.8. The third-order valence-electron chi connectivity index (χ3n) is 6.43. The molecule has 3 aromatic carbocycles. The minimum Gasteiger partial charge on any atom is -0.493 e. The van der Waals surface area contributed by atoms with Crippen LogP contribution in [0.15, 0.2) is 60.7 Å². The number of aryl methyl sites for hydroxylation is 2. The van der Waals surface area contributed by atoms with Crippen LogP contribution in [0.5, 0.6) is 11.8 Å². The third kappa shape index (κ3) is 3.93. The molecule has 5 rings (SSSR count). The lowest BCUT2D eigenvalue weighted by atomic mass is 9.94. The maximum Gasteiger partial charge on any atom is 0.304 e. The zero-order valence-electron chi connectivity index (χ0n) is 18.7. The number of carbonyl (C=O) groups is 1. The number of benzene rings is 3. The highest BCUT2D eigenvalue weighted by Gasteiger charge is 2.26. The number of aliphatic carboxylic acids is 1. The van der Waals surface area contributed by atoms with Gasteiger partial charge in [-0.3, -0.25) is 9.36 Å². The molecule has 0 bridgehead atoms. The van der Waals surface area contributed by atoms with E-state index in [2.05, 4.69) is 52.9 Å². The Hall–Kier alpha value is -3.80. The van der Waals surface area contributed by atoms with Crippen LogP contribution in [-0.4, -0.2) is 34.3 Å². The summed E-state index contributed by atoms with van der Waals surface area (Å²) in [5.74, 6) is -0.0394. The van der Waals surface area contributed by atoms with Crippen molar-refractivity contribution < 1.29 is 19.4 Å². The second kappa shape index (κ2) is 8.62. The Bertz CT molecular complexity index is 1340.